The van der Waals surface area contributed by atoms with E-state index in [1.165, 1.54) is 0 Å². The summed E-state index contributed by atoms with van der Waals surface area (Å²) in [6.07, 6.45) is 4.96. The van der Waals surface area contributed by atoms with Gasteiger partial charge < -0.3 is 0 Å². The molecule has 4 nitrogen and oxygen atoms in total. The van der Waals surface area contributed by atoms with Crippen molar-refractivity contribution in [1.82, 2.24) is 9.78 Å². The first-order chi connectivity index (χ1) is 9.70. The van der Waals surface area contributed by atoms with Crippen molar-refractivity contribution in [1.29, 1.82) is 0 Å². The van der Waals surface area contributed by atoms with Crippen LogP contribution in [-0.2, 0) is 6.54 Å². The van der Waals surface area contributed by atoms with Crippen LogP contribution in [0.4, 0.5) is 0 Å². The molecule has 5 heteroatoms. The summed E-state index contributed by atoms with van der Waals surface area (Å²) in [5.74, 6) is 0.00690. The summed E-state index contributed by atoms with van der Waals surface area (Å²) in [4.78, 5) is 24.4. The zero-order valence-electron chi connectivity index (χ0n) is 10.5. The van der Waals surface area contributed by atoms with Gasteiger partial charge in [-0.1, -0.05) is 24.3 Å². The van der Waals surface area contributed by atoms with Crippen LogP contribution in [0.1, 0.15) is 26.3 Å². The van der Waals surface area contributed by atoms with Crippen molar-refractivity contribution in [3.8, 4) is 0 Å². The Labute approximate surface area is 120 Å². The zero-order chi connectivity index (χ0) is 14.1. The highest BCUT2D eigenvalue weighted by molar-refractivity contribution is 6.41. The van der Waals surface area contributed by atoms with E-state index in [4.69, 9.17) is 11.6 Å². The van der Waals surface area contributed by atoms with Crippen LogP contribution in [0.3, 0.4) is 0 Å². The van der Waals surface area contributed by atoms with E-state index in [-0.39, 0.29) is 17.1 Å². The van der Waals surface area contributed by atoms with Crippen LogP contribution < -0.4 is 0 Å². The number of benzene rings is 1. The minimum atomic E-state index is -0.226. The number of ketones is 2. The predicted octanol–water partition coefficient (Wildman–Crippen LogP) is 2.58. The number of nitrogens with zero attached hydrogens (tertiary/aromatic N) is 2. The van der Waals surface area contributed by atoms with Gasteiger partial charge in [-0.2, -0.15) is 5.10 Å². The third-order valence-electron chi connectivity index (χ3n) is 3.18. The number of allylic oxidation sites excluding steroid dienone is 1. The average Bonchev–Trinajstić information content (AvgIpc) is 2.99. The summed E-state index contributed by atoms with van der Waals surface area (Å²) >= 11 is 5.64. The van der Waals surface area contributed by atoms with Crippen LogP contribution in [0.25, 0.3) is 6.08 Å². The third-order valence-corrected chi connectivity index (χ3v) is 3.35. The predicted molar refractivity (Wildman–Crippen MR) is 76.0 cm³/mol. The lowest BCUT2D eigenvalue weighted by atomic mass is 10.1. The third kappa shape index (κ3) is 2.08. The molecule has 1 heterocycles. The van der Waals surface area contributed by atoms with Gasteiger partial charge in [-0.15, -0.1) is 11.6 Å². The van der Waals surface area contributed by atoms with Crippen molar-refractivity contribution in [2.24, 2.45) is 0 Å². The summed E-state index contributed by atoms with van der Waals surface area (Å²) in [5.41, 5.74) is 1.85. The molecule has 0 radical (unpaired) electrons. The number of Topliss-reactive ketones (excluding diaryl/α,β-unsaturated/α-hetero) is 2. The lowest BCUT2D eigenvalue weighted by Gasteiger charge is -1.94. The maximum atomic E-state index is 12.2. The number of alkyl halides is 1. The molecule has 0 fully saturated rings. The minimum Gasteiger partial charge on any atom is -0.288 e. The van der Waals surface area contributed by atoms with Gasteiger partial charge in [-0.25, -0.2) is 0 Å². The fourth-order valence-corrected chi connectivity index (χ4v) is 2.41. The highest BCUT2D eigenvalue weighted by Gasteiger charge is 2.32. The van der Waals surface area contributed by atoms with Gasteiger partial charge in [0.25, 0.3) is 0 Å². The first-order valence-electron chi connectivity index (χ1n) is 6.19. The Kier molecular flexibility index (Phi) is 3.24. The van der Waals surface area contributed by atoms with E-state index in [1.54, 1.807) is 47.4 Å². The van der Waals surface area contributed by atoms with E-state index in [9.17, 15) is 9.59 Å². The van der Waals surface area contributed by atoms with Crippen LogP contribution in [0, 0.1) is 0 Å². The average molecular weight is 287 g/mol. The Morgan fingerprint density at radius 2 is 1.80 bits per heavy atom. The summed E-state index contributed by atoms with van der Waals surface area (Å²) in [6.45, 7) is 0.590. The number of hydrogen-bond acceptors (Lipinski definition) is 3. The maximum absolute atomic E-state index is 12.2. The van der Waals surface area contributed by atoms with Gasteiger partial charge in [0.1, 0.15) is 0 Å². The number of carbonyl (C=O) groups is 2. The number of aryl methyl sites for hydroxylation is 1. The zero-order valence-corrected chi connectivity index (χ0v) is 11.3. The summed E-state index contributed by atoms with van der Waals surface area (Å²) in [5, 5.41) is 4.11. The minimum absolute atomic E-state index is 0.191. The molecular formula is C15H11ClN2O2. The lowest BCUT2D eigenvalue weighted by Crippen LogP contribution is -2.00. The van der Waals surface area contributed by atoms with Crippen LogP contribution in [0.2, 0.25) is 0 Å². The molecule has 2 aromatic rings. The molecule has 0 N–H and O–H groups in total. The van der Waals surface area contributed by atoms with Gasteiger partial charge in [0.2, 0.25) is 0 Å². The molecule has 0 aliphatic heterocycles. The van der Waals surface area contributed by atoms with Crippen molar-refractivity contribution >= 4 is 29.2 Å². The van der Waals surface area contributed by atoms with E-state index >= 15 is 0 Å². The second-order valence-corrected chi connectivity index (χ2v) is 4.87. The summed E-state index contributed by atoms with van der Waals surface area (Å²) in [6, 6.07) is 6.86. The second-order valence-electron chi connectivity index (χ2n) is 4.49. The number of halogens is 1. The molecule has 0 saturated carbocycles. The summed E-state index contributed by atoms with van der Waals surface area (Å²) in [7, 11) is 0. The molecule has 0 unspecified atom stereocenters. The van der Waals surface area contributed by atoms with Crippen LogP contribution in [0.5, 0.6) is 0 Å². The van der Waals surface area contributed by atoms with Crippen molar-refractivity contribution in [2.45, 2.75) is 6.54 Å². The first kappa shape index (κ1) is 12.8. The topological polar surface area (TPSA) is 52.0 Å². The molecule has 3 rings (SSSR count). The largest absolute Gasteiger partial charge is 0.288 e. The molecule has 1 aromatic carbocycles. The monoisotopic (exact) mass is 286 g/mol. The van der Waals surface area contributed by atoms with E-state index in [0.717, 1.165) is 5.56 Å². The fourth-order valence-electron chi connectivity index (χ4n) is 2.23. The van der Waals surface area contributed by atoms with E-state index in [1.807, 2.05) is 0 Å². The highest BCUT2D eigenvalue weighted by atomic mass is 35.5. The molecule has 0 amide bonds. The van der Waals surface area contributed by atoms with Crippen molar-refractivity contribution in [2.75, 3.05) is 5.88 Å². The molecule has 1 aromatic heterocycles. The van der Waals surface area contributed by atoms with Crippen molar-refractivity contribution < 1.29 is 9.59 Å². The molecular weight excluding hydrogens is 276 g/mol. The normalized spacial score (nSPS) is 13.8. The van der Waals surface area contributed by atoms with Gasteiger partial charge >= 0.3 is 0 Å². The number of fused-ring (bicyclic) bond motifs is 1. The Morgan fingerprint density at radius 1 is 1.15 bits per heavy atom. The lowest BCUT2D eigenvalue weighted by molar-refractivity contribution is 0.0990. The van der Waals surface area contributed by atoms with Gasteiger partial charge in [-0.05, 0) is 6.08 Å². The Balaban J connectivity index is 1.97. The second kappa shape index (κ2) is 5.06. The first-order valence-corrected chi connectivity index (χ1v) is 6.72. The molecule has 1 aliphatic rings. The van der Waals surface area contributed by atoms with E-state index in [0.29, 0.717) is 23.6 Å². The Morgan fingerprint density at radius 3 is 2.40 bits per heavy atom. The van der Waals surface area contributed by atoms with E-state index < -0.39 is 0 Å². The quantitative estimate of drug-likeness (QED) is 0.495. The van der Waals surface area contributed by atoms with Gasteiger partial charge in [0.05, 0.1) is 18.3 Å². The van der Waals surface area contributed by atoms with Gasteiger partial charge in [-0.3, -0.25) is 14.3 Å². The number of carbonyl (C=O) groups excluding carboxylic acids is 2. The molecule has 0 atom stereocenters. The standard InChI is InChI=1S/C15H11ClN2O2/c16-5-6-18-9-10(8-17-18)7-13-14(19)11-3-1-2-4-12(11)15(13)20/h1-4,7-9H,5-6H2. The van der Waals surface area contributed by atoms with Crippen LogP contribution in [-0.4, -0.2) is 27.2 Å². The molecule has 0 spiro atoms. The van der Waals surface area contributed by atoms with Crippen LogP contribution >= 0.6 is 11.6 Å². The van der Waals surface area contributed by atoms with Crippen LogP contribution in [0.15, 0.2) is 42.2 Å². The maximum Gasteiger partial charge on any atom is 0.197 e. The van der Waals surface area contributed by atoms with Crippen molar-refractivity contribution in [3.05, 3.63) is 58.9 Å². The SMILES string of the molecule is O=C1C(=Cc2cnn(CCCl)c2)C(=O)c2ccccc21. The van der Waals surface area contributed by atoms with E-state index in [2.05, 4.69) is 5.10 Å². The highest BCUT2D eigenvalue weighted by Crippen LogP contribution is 2.27. The summed E-state index contributed by atoms with van der Waals surface area (Å²) < 4.78 is 1.68. The Bertz CT molecular complexity index is 694. The number of hydrogen-bond donors (Lipinski definition) is 0. The molecule has 0 bridgehead atoms. The molecule has 0 saturated heterocycles. The number of rotatable bonds is 3. The number of aromatic nitrogens is 2. The van der Waals surface area contributed by atoms with Gasteiger partial charge in [0.15, 0.2) is 11.6 Å². The molecule has 100 valence electrons. The molecule has 1 aliphatic carbocycles. The smallest absolute Gasteiger partial charge is 0.197 e. The fraction of sp³-hybridized carbons (Fsp3) is 0.133. The van der Waals surface area contributed by atoms with Crippen molar-refractivity contribution in [3.63, 3.8) is 0 Å². The van der Waals surface area contributed by atoms with Gasteiger partial charge in [0, 0.05) is 28.8 Å². The Hall–Kier alpha value is -2.20. The molecule has 20 heavy (non-hydrogen) atoms.